The minimum absolute atomic E-state index is 0.0992. The fraction of sp³-hybridized carbons (Fsp3) is 0.654. The second-order valence-electron chi connectivity index (χ2n) is 11.6. The van der Waals surface area contributed by atoms with Gasteiger partial charge in [-0.2, -0.15) is 0 Å². The van der Waals surface area contributed by atoms with Crippen LogP contribution in [-0.4, -0.2) is 45.7 Å². The lowest BCUT2D eigenvalue weighted by Gasteiger charge is -2.34. The average Bonchev–Trinajstić information content (AvgIpc) is 2.64. The van der Waals surface area contributed by atoms with E-state index in [4.69, 9.17) is 14.2 Å². The molecule has 0 saturated carbocycles. The molecule has 1 aromatic carbocycles. The van der Waals surface area contributed by atoms with E-state index in [1.165, 1.54) is 0 Å². The summed E-state index contributed by atoms with van der Waals surface area (Å²) in [5.41, 5.74) is -2.07. The standard InChI is InChI=1S/C26H42BrN3O6/c1-11-26(10,33)16-25(8,9)34-19-13-12-17(14-18(19)27)15-28-20(29-21(31)35-23(2,3)4)30-22(32)36-24(5,6)7/h12-14,33H,11,15-16H2,1-10H3,(H2,28,29,30,31,32). The number of carbonyl (C=O) groups is 2. The number of aliphatic hydroxyl groups is 1. The van der Waals surface area contributed by atoms with Gasteiger partial charge in [-0.05, 0) is 102 Å². The molecule has 0 radical (unpaired) electrons. The molecular weight excluding hydrogens is 530 g/mol. The van der Waals surface area contributed by atoms with Crippen LogP contribution in [0.5, 0.6) is 5.75 Å². The number of nitrogens with zero attached hydrogens (tertiary/aromatic N) is 1. The maximum absolute atomic E-state index is 12.3. The van der Waals surface area contributed by atoms with Crippen LogP contribution in [0.2, 0.25) is 0 Å². The topological polar surface area (TPSA) is 118 Å². The first-order valence-corrected chi connectivity index (χ1v) is 12.7. The molecule has 2 amide bonds. The highest BCUT2D eigenvalue weighted by atomic mass is 79.9. The summed E-state index contributed by atoms with van der Waals surface area (Å²) < 4.78 is 17.4. The van der Waals surface area contributed by atoms with Crippen molar-refractivity contribution in [3.63, 3.8) is 0 Å². The molecule has 0 aromatic heterocycles. The Balaban J connectivity index is 3.03. The van der Waals surface area contributed by atoms with Crippen LogP contribution in [0.1, 0.15) is 87.6 Å². The lowest BCUT2D eigenvalue weighted by molar-refractivity contribution is -0.0251. The van der Waals surface area contributed by atoms with Gasteiger partial charge in [0, 0.05) is 6.42 Å². The Morgan fingerprint density at radius 1 is 0.944 bits per heavy atom. The number of rotatable bonds is 7. The van der Waals surface area contributed by atoms with E-state index in [0.29, 0.717) is 23.1 Å². The van der Waals surface area contributed by atoms with Gasteiger partial charge in [0.2, 0.25) is 5.96 Å². The van der Waals surface area contributed by atoms with Gasteiger partial charge in [-0.1, -0.05) is 13.0 Å². The molecule has 0 heterocycles. The first-order chi connectivity index (χ1) is 16.2. The Morgan fingerprint density at radius 3 is 1.86 bits per heavy atom. The lowest BCUT2D eigenvalue weighted by atomic mass is 9.89. The Hall–Kier alpha value is -2.33. The molecule has 0 saturated heterocycles. The maximum Gasteiger partial charge on any atom is 0.414 e. The average molecular weight is 573 g/mol. The van der Waals surface area contributed by atoms with Gasteiger partial charge in [0.05, 0.1) is 16.6 Å². The van der Waals surface area contributed by atoms with Crippen LogP contribution < -0.4 is 15.4 Å². The van der Waals surface area contributed by atoms with E-state index in [0.717, 1.165) is 5.56 Å². The normalized spacial score (nSPS) is 13.8. The van der Waals surface area contributed by atoms with Crippen LogP contribution in [0.4, 0.5) is 9.59 Å². The fourth-order valence-electron chi connectivity index (χ4n) is 3.18. The van der Waals surface area contributed by atoms with E-state index in [9.17, 15) is 14.7 Å². The molecule has 0 aliphatic carbocycles. The lowest BCUT2D eigenvalue weighted by Crippen LogP contribution is -2.47. The minimum atomic E-state index is -0.830. The van der Waals surface area contributed by atoms with Crippen molar-refractivity contribution in [2.75, 3.05) is 0 Å². The van der Waals surface area contributed by atoms with E-state index >= 15 is 0 Å². The van der Waals surface area contributed by atoms with Gasteiger partial charge in [-0.3, -0.25) is 10.6 Å². The van der Waals surface area contributed by atoms with Crippen LogP contribution in [0.3, 0.4) is 0 Å². The second-order valence-corrected chi connectivity index (χ2v) is 12.4. The summed E-state index contributed by atoms with van der Waals surface area (Å²) in [4.78, 5) is 28.8. The van der Waals surface area contributed by atoms with Gasteiger partial charge >= 0.3 is 12.2 Å². The van der Waals surface area contributed by atoms with Gasteiger partial charge in [0.25, 0.3) is 0 Å². The molecule has 3 N–H and O–H groups in total. The zero-order chi connectivity index (χ0) is 27.9. The SMILES string of the molecule is CCC(C)(O)CC(C)(C)Oc1ccc(CN=C(NC(=O)OC(C)(C)C)NC(=O)OC(C)(C)C)cc1Br. The number of hydrogen-bond donors (Lipinski definition) is 3. The molecule has 1 atom stereocenters. The molecule has 1 rings (SSSR count). The quantitative estimate of drug-likeness (QED) is 0.270. The van der Waals surface area contributed by atoms with E-state index in [-0.39, 0.29) is 12.5 Å². The third-order valence-corrected chi connectivity index (χ3v) is 5.23. The van der Waals surface area contributed by atoms with Gasteiger partial charge in [-0.25, -0.2) is 14.6 Å². The molecule has 36 heavy (non-hydrogen) atoms. The molecule has 0 bridgehead atoms. The van der Waals surface area contributed by atoms with Gasteiger partial charge in [-0.15, -0.1) is 0 Å². The Morgan fingerprint density at radius 2 is 1.44 bits per heavy atom. The number of ether oxygens (including phenoxy) is 3. The van der Waals surface area contributed by atoms with Crippen LogP contribution in [0.25, 0.3) is 0 Å². The summed E-state index contributed by atoms with van der Waals surface area (Å²) in [7, 11) is 0. The summed E-state index contributed by atoms with van der Waals surface area (Å²) >= 11 is 3.53. The van der Waals surface area contributed by atoms with Crippen molar-refractivity contribution in [1.29, 1.82) is 0 Å². The van der Waals surface area contributed by atoms with Crippen LogP contribution in [0.15, 0.2) is 27.7 Å². The Bertz CT molecular complexity index is 914. The zero-order valence-electron chi connectivity index (χ0n) is 23.2. The van der Waals surface area contributed by atoms with Gasteiger partial charge < -0.3 is 19.3 Å². The third kappa shape index (κ3) is 13.1. The predicted molar refractivity (Wildman–Crippen MR) is 144 cm³/mol. The molecule has 0 spiro atoms. The van der Waals surface area contributed by atoms with Crippen molar-refractivity contribution >= 4 is 34.1 Å². The number of benzene rings is 1. The van der Waals surface area contributed by atoms with Crippen LogP contribution in [0, 0.1) is 0 Å². The highest BCUT2D eigenvalue weighted by Crippen LogP contribution is 2.33. The molecule has 10 heteroatoms. The number of amides is 2. The van der Waals surface area contributed by atoms with Crippen LogP contribution in [-0.2, 0) is 16.0 Å². The highest BCUT2D eigenvalue weighted by molar-refractivity contribution is 9.10. The second kappa shape index (κ2) is 12.3. The summed E-state index contributed by atoms with van der Waals surface area (Å²) in [6, 6.07) is 5.47. The number of guanidine groups is 1. The predicted octanol–water partition coefficient (Wildman–Crippen LogP) is 6.06. The number of halogens is 1. The Kier molecular flexibility index (Phi) is 10.8. The first kappa shape index (κ1) is 31.7. The molecule has 204 valence electrons. The molecule has 0 fully saturated rings. The maximum atomic E-state index is 12.3. The minimum Gasteiger partial charge on any atom is -0.487 e. The largest absolute Gasteiger partial charge is 0.487 e. The smallest absolute Gasteiger partial charge is 0.414 e. The molecule has 1 unspecified atom stereocenters. The number of aliphatic imine (C=N–C) groups is 1. The summed E-state index contributed by atoms with van der Waals surface area (Å²) in [5.74, 6) is 0.525. The number of carbonyl (C=O) groups excluding carboxylic acids is 2. The molecule has 0 aliphatic rings. The summed E-state index contributed by atoms with van der Waals surface area (Å²) in [6.45, 7) is 18.1. The number of alkyl carbamates (subject to hydrolysis) is 2. The number of nitrogens with one attached hydrogen (secondary N) is 2. The van der Waals surface area contributed by atoms with Gasteiger partial charge in [0.1, 0.15) is 22.6 Å². The molecule has 1 aromatic rings. The van der Waals surface area contributed by atoms with Gasteiger partial charge in [0.15, 0.2) is 0 Å². The third-order valence-electron chi connectivity index (χ3n) is 4.61. The van der Waals surface area contributed by atoms with Crippen molar-refractivity contribution < 1.29 is 28.9 Å². The highest BCUT2D eigenvalue weighted by Gasteiger charge is 2.31. The van der Waals surface area contributed by atoms with Crippen LogP contribution >= 0.6 is 15.9 Å². The van der Waals surface area contributed by atoms with Crippen molar-refractivity contribution in [1.82, 2.24) is 10.6 Å². The van der Waals surface area contributed by atoms with Crippen molar-refractivity contribution in [3.05, 3.63) is 28.2 Å². The molecule has 9 nitrogen and oxygen atoms in total. The van der Waals surface area contributed by atoms with E-state index < -0.39 is 34.6 Å². The number of hydrogen-bond acceptors (Lipinski definition) is 7. The molecule has 0 aliphatic heterocycles. The van der Waals surface area contributed by atoms with E-state index in [2.05, 4.69) is 31.6 Å². The fourth-order valence-corrected chi connectivity index (χ4v) is 3.69. The van der Waals surface area contributed by atoms with Crippen molar-refractivity contribution in [2.45, 2.75) is 111 Å². The first-order valence-electron chi connectivity index (χ1n) is 11.9. The van der Waals surface area contributed by atoms with E-state index in [1.54, 1.807) is 54.5 Å². The summed E-state index contributed by atoms with van der Waals surface area (Å²) in [6.07, 6.45) is -0.431. The van der Waals surface area contributed by atoms with E-state index in [1.807, 2.05) is 32.9 Å². The molecular formula is C26H42BrN3O6. The monoisotopic (exact) mass is 571 g/mol. The van der Waals surface area contributed by atoms with Crippen molar-refractivity contribution in [2.24, 2.45) is 4.99 Å². The zero-order valence-corrected chi connectivity index (χ0v) is 24.8. The Labute approximate surface area is 223 Å². The van der Waals surface area contributed by atoms with Crippen molar-refractivity contribution in [3.8, 4) is 5.75 Å². The summed E-state index contributed by atoms with van der Waals surface area (Å²) in [5, 5.41) is 15.4.